The maximum atomic E-state index is 12.5. The predicted octanol–water partition coefficient (Wildman–Crippen LogP) is 4.02. The summed E-state index contributed by atoms with van der Waals surface area (Å²) in [7, 11) is 0. The molecule has 1 aliphatic carbocycles. The van der Waals surface area contributed by atoms with Crippen LogP contribution in [-0.2, 0) is 4.79 Å². The van der Waals surface area contributed by atoms with Gasteiger partial charge in [0.15, 0.2) is 0 Å². The first kappa shape index (κ1) is 11.2. The third-order valence-corrected chi connectivity index (χ3v) is 3.69. The van der Waals surface area contributed by atoms with Gasteiger partial charge in [-0.3, -0.25) is 4.79 Å². The fourth-order valence-electron chi connectivity index (χ4n) is 2.80. The van der Waals surface area contributed by atoms with Gasteiger partial charge in [-0.15, -0.1) is 0 Å². The Balaban J connectivity index is 2.24. The molecule has 1 aliphatic rings. The van der Waals surface area contributed by atoms with Gasteiger partial charge in [0.25, 0.3) is 0 Å². The third kappa shape index (κ3) is 1.51. The van der Waals surface area contributed by atoms with Gasteiger partial charge in [-0.1, -0.05) is 62.4 Å². The van der Waals surface area contributed by atoms with Crippen LogP contribution >= 0.6 is 0 Å². The molecule has 0 saturated heterocycles. The van der Waals surface area contributed by atoms with E-state index >= 15 is 0 Å². The van der Waals surface area contributed by atoms with E-state index in [1.54, 1.807) is 0 Å². The lowest BCUT2D eigenvalue weighted by Gasteiger charge is -2.14. The SMILES string of the molecule is CC(C)C(=O)C1c2ccccc2-c2ccccc21. The van der Waals surface area contributed by atoms with Gasteiger partial charge in [0.1, 0.15) is 5.78 Å². The Morgan fingerprint density at radius 3 is 1.78 bits per heavy atom. The number of ketones is 1. The maximum absolute atomic E-state index is 12.5. The molecule has 2 aromatic rings. The van der Waals surface area contributed by atoms with Crippen LogP contribution in [0.2, 0.25) is 0 Å². The molecule has 0 amide bonds. The van der Waals surface area contributed by atoms with Crippen molar-refractivity contribution < 1.29 is 4.79 Å². The molecule has 1 heteroatoms. The minimum absolute atomic E-state index is 0.0641. The van der Waals surface area contributed by atoms with Crippen LogP contribution in [-0.4, -0.2) is 5.78 Å². The fraction of sp³-hybridized carbons (Fsp3) is 0.235. The normalized spacial score (nSPS) is 13.5. The molecule has 0 fully saturated rings. The van der Waals surface area contributed by atoms with Crippen LogP contribution in [0.3, 0.4) is 0 Å². The van der Waals surface area contributed by atoms with Gasteiger partial charge in [-0.05, 0) is 22.3 Å². The number of hydrogen-bond donors (Lipinski definition) is 0. The first-order valence-electron chi connectivity index (χ1n) is 6.42. The molecule has 0 unspecified atom stereocenters. The van der Waals surface area contributed by atoms with Crippen LogP contribution in [0.15, 0.2) is 48.5 Å². The summed E-state index contributed by atoms with van der Waals surface area (Å²) in [4.78, 5) is 12.5. The topological polar surface area (TPSA) is 17.1 Å². The zero-order valence-electron chi connectivity index (χ0n) is 10.7. The van der Waals surface area contributed by atoms with Crippen LogP contribution in [0, 0.1) is 5.92 Å². The third-order valence-electron chi connectivity index (χ3n) is 3.69. The van der Waals surface area contributed by atoms with Gasteiger partial charge in [-0.2, -0.15) is 0 Å². The van der Waals surface area contributed by atoms with Crippen molar-refractivity contribution in [3.63, 3.8) is 0 Å². The number of carbonyl (C=O) groups excluding carboxylic acids is 1. The van der Waals surface area contributed by atoms with E-state index in [9.17, 15) is 4.79 Å². The van der Waals surface area contributed by atoms with E-state index in [1.807, 2.05) is 38.1 Å². The molecule has 0 saturated carbocycles. The summed E-state index contributed by atoms with van der Waals surface area (Å²) in [5.41, 5.74) is 4.76. The quantitative estimate of drug-likeness (QED) is 0.769. The van der Waals surface area contributed by atoms with Gasteiger partial charge in [0, 0.05) is 5.92 Å². The minimum Gasteiger partial charge on any atom is -0.298 e. The van der Waals surface area contributed by atoms with Gasteiger partial charge >= 0.3 is 0 Å². The molecular formula is C17H16O. The highest BCUT2D eigenvalue weighted by molar-refractivity contribution is 5.98. The lowest BCUT2D eigenvalue weighted by molar-refractivity contribution is -0.122. The molecule has 2 aromatic carbocycles. The molecule has 0 aromatic heterocycles. The molecule has 0 bridgehead atoms. The van der Waals surface area contributed by atoms with E-state index in [-0.39, 0.29) is 11.8 Å². The average Bonchev–Trinajstić information content (AvgIpc) is 2.72. The van der Waals surface area contributed by atoms with Crippen LogP contribution < -0.4 is 0 Å². The molecule has 1 nitrogen and oxygen atoms in total. The smallest absolute Gasteiger partial charge is 0.147 e. The molecule has 0 spiro atoms. The van der Waals surface area contributed by atoms with Crippen molar-refractivity contribution in [2.75, 3.05) is 0 Å². The van der Waals surface area contributed by atoms with Crippen LogP contribution in [0.25, 0.3) is 11.1 Å². The molecular weight excluding hydrogens is 220 g/mol. The van der Waals surface area contributed by atoms with E-state index in [2.05, 4.69) is 24.3 Å². The highest BCUT2D eigenvalue weighted by atomic mass is 16.1. The van der Waals surface area contributed by atoms with Crippen LogP contribution in [0.4, 0.5) is 0 Å². The molecule has 0 heterocycles. The molecule has 18 heavy (non-hydrogen) atoms. The van der Waals surface area contributed by atoms with E-state index in [0.717, 1.165) is 11.1 Å². The molecule has 0 aliphatic heterocycles. The lowest BCUT2D eigenvalue weighted by atomic mass is 9.87. The van der Waals surface area contributed by atoms with Crippen LogP contribution in [0.1, 0.15) is 30.9 Å². The predicted molar refractivity (Wildman–Crippen MR) is 73.6 cm³/mol. The summed E-state index contributed by atoms with van der Waals surface area (Å²) < 4.78 is 0. The number of hydrogen-bond acceptors (Lipinski definition) is 1. The largest absolute Gasteiger partial charge is 0.298 e. The highest BCUT2D eigenvalue weighted by Crippen LogP contribution is 2.45. The molecule has 0 radical (unpaired) electrons. The summed E-state index contributed by atoms with van der Waals surface area (Å²) in [6, 6.07) is 16.5. The van der Waals surface area contributed by atoms with E-state index in [1.165, 1.54) is 11.1 Å². The molecule has 3 rings (SSSR count). The highest BCUT2D eigenvalue weighted by Gasteiger charge is 2.33. The minimum atomic E-state index is -0.0719. The number of rotatable bonds is 2. The number of carbonyl (C=O) groups is 1. The Labute approximate surface area is 107 Å². The first-order chi connectivity index (χ1) is 8.70. The Morgan fingerprint density at radius 2 is 1.33 bits per heavy atom. The standard InChI is InChI=1S/C17H16O/c1-11(2)17(18)16-14-9-5-3-7-12(14)13-8-4-6-10-15(13)16/h3-11,16H,1-2H3. The Kier molecular flexibility index (Phi) is 2.55. The lowest BCUT2D eigenvalue weighted by Crippen LogP contribution is -2.17. The van der Waals surface area contributed by atoms with Crippen molar-refractivity contribution in [3.8, 4) is 11.1 Å². The summed E-state index contributed by atoms with van der Waals surface area (Å²) in [5.74, 6) is 0.305. The second kappa shape index (κ2) is 4.09. The van der Waals surface area contributed by atoms with E-state index < -0.39 is 0 Å². The molecule has 0 atom stereocenters. The van der Waals surface area contributed by atoms with Crippen LogP contribution in [0.5, 0.6) is 0 Å². The molecule has 90 valence electrons. The van der Waals surface area contributed by atoms with Gasteiger partial charge < -0.3 is 0 Å². The zero-order chi connectivity index (χ0) is 12.7. The number of fused-ring (bicyclic) bond motifs is 3. The summed E-state index contributed by atoms with van der Waals surface area (Å²) in [6.45, 7) is 3.96. The van der Waals surface area contributed by atoms with Crippen molar-refractivity contribution in [1.29, 1.82) is 0 Å². The Bertz CT molecular complexity index is 565. The Hall–Kier alpha value is -1.89. The zero-order valence-corrected chi connectivity index (χ0v) is 10.7. The van der Waals surface area contributed by atoms with E-state index in [0.29, 0.717) is 5.78 Å². The van der Waals surface area contributed by atoms with Gasteiger partial charge in [0.2, 0.25) is 0 Å². The summed E-state index contributed by atoms with van der Waals surface area (Å²) in [5, 5.41) is 0. The monoisotopic (exact) mass is 236 g/mol. The summed E-state index contributed by atoms with van der Waals surface area (Å²) in [6.07, 6.45) is 0. The van der Waals surface area contributed by atoms with Crippen molar-refractivity contribution in [2.45, 2.75) is 19.8 Å². The second-order valence-electron chi connectivity index (χ2n) is 5.16. The van der Waals surface area contributed by atoms with Crippen molar-refractivity contribution >= 4 is 5.78 Å². The Morgan fingerprint density at radius 1 is 0.889 bits per heavy atom. The van der Waals surface area contributed by atoms with Gasteiger partial charge in [-0.25, -0.2) is 0 Å². The second-order valence-corrected chi connectivity index (χ2v) is 5.16. The van der Waals surface area contributed by atoms with Crippen molar-refractivity contribution in [1.82, 2.24) is 0 Å². The maximum Gasteiger partial charge on any atom is 0.147 e. The average molecular weight is 236 g/mol. The number of Topliss-reactive ketones (excluding diaryl/α,β-unsaturated/α-hetero) is 1. The first-order valence-corrected chi connectivity index (χ1v) is 6.42. The van der Waals surface area contributed by atoms with Gasteiger partial charge in [0.05, 0.1) is 5.92 Å². The van der Waals surface area contributed by atoms with E-state index in [4.69, 9.17) is 0 Å². The van der Waals surface area contributed by atoms with Crippen molar-refractivity contribution in [2.24, 2.45) is 5.92 Å². The number of benzene rings is 2. The van der Waals surface area contributed by atoms with Crippen molar-refractivity contribution in [3.05, 3.63) is 59.7 Å². The fourth-order valence-corrected chi connectivity index (χ4v) is 2.80. The molecule has 0 N–H and O–H groups in total. The summed E-state index contributed by atoms with van der Waals surface area (Å²) >= 11 is 0.